The summed E-state index contributed by atoms with van der Waals surface area (Å²) >= 11 is 1.52. The van der Waals surface area contributed by atoms with E-state index in [-0.39, 0.29) is 6.04 Å². The highest BCUT2D eigenvalue weighted by atomic mass is 32.1. The lowest BCUT2D eigenvalue weighted by molar-refractivity contribution is 0.658. The van der Waals surface area contributed by atoms with Crippen molar-refractivity contribution >= 4 is 38.0 Å². The highest BCUT2D eigenvalue weighted by molar-refractivity contribution is 7.18. The molecule has 30 heavy (non-hydrogen) atoms. The van der Waals surface area contributed by atoms with Crippen molar-refractivity contribution in [1.82, 2.24) is 9.97 Å². The number of rotatable bonds is 5. The Morgan fingerprint density at radius 1 is 0.833 bits per heavy atom. The second-order valence-electron chi connectivity index (χ2n) is 7.62. The van der Waals surface area contributed by atoms with Crippen molar-refractivity contribution in [1.29, 1.82) is 0 Å². The highest BCUT2D eigenvalue weighted by Gasteiger charge is 2.16. The van der Waals surface area contributed by atoms with Gasteiger partial charge in [0, 0.05) is 30.2 Å². The molecule has 0 radical (unpaired) electrons. The van der Waals surface area contributed by atoms with Crippen LogP contribution in [0.1, 0.15) is 11.3 Å². The van der Waals surface area contributed by atoms with Gasteiger partial charge in [-0.3, -0.25) is 4.98 Å². The molecule has 0 spiro atoms. The van der Waals surface area contributed by atoms with Gasteiger partial charge in [0.05, 0.1) is 10.6 Å². The average Bonchev–Trinajstić information content (AvgIpc) is 3.13. The van der Waals surface area contributed by atoms with Crippen LogP contribution >= 0.6 is 11.3 Å². The molecule has 0 aliphatic heterocycles. The van der Waals surface area contributed by atoms with Crippen LogP contribution in [0, 0.1) is 0 Å². The SMILES string of the molecule is Nc1nc(C[C@@H](N)Cc2ccc3ccccc3c2)c(-c2ccc3cnccc3c2)s1. The summed E-state index contributed by atoms with van der Waals surface area (Å²) in [6.07, 6.45) is 5.17. The normalized spacial score (nSPS) is 12.4. The monoisotopic (exact) mass is 410 g/mol. The Balaban J connectivity index is 1.40. The number of nitrogens with zero attached hydrogens (tertiary/aromatic N) is 2. The number of benzene rings is 3. The third kappa shape index (κ3) is 3.77. The molecule has 0 bridgehead atoms. The molecule has 3 aromatic carbocycles. The third-order valence-electron chi connectivity index (χ3n) is 5.38. The van der Waals surface area contributed by atoms with Gasteiger partial charge in [0.15, 0.2) is 5.13 Å². The van der Waals surface area contributed by atoms with Crippen LogP contribution in [0.25, 0.3) is 32.0 Å². The summed E-state index contributed by atoms with van der Waals surface area (Å²) in [6.45, 7) is 0. The van der Waals surface area contributed by atoms with Crippen LogP contribution in [0.5, 0.6) is 0 Å². The summed E-state index contributed by atoms with van der Waals surface area (Å²) < 4.78 is 0. The lowest BCUT2D eigenvalue weighted by atomic mass is 9.98. The van der Waals surface area contributed by atoms with Crippen molar-refractivity contribution in [2.75, 3.05) is 5.73 Å². The Kier molecular flexibility index (Phi) is 4.91. The largest absolute Gasteiger partial charge is 0.375 e. The topological polar surface area (TPSA) is 77.8 Å². The van der Waals surface area contributed by atoms with Gasteiger partial charge >= 0.3 is 0 Å². The van der Waals surface area contributed by atoms with E-state index in [2.05, 4.69) is 70.6 Å². The van der Waals surface area contributed by atoms with Crippen LogP contribution in [0.2, 0.25) is 0 Å². The second-order valence-corrected chi connectivity index (χ2v) is 8.65. The molecule has 0 amide bonds. The zero-order valence-corrected chi connectivity index (χ0v) is 17.3. The van der Waals surface area contributed by atoms with Gasteiger partial charge in [0.1, 0.15) is 0 Å². The number of thiazole rings is 1. The lowest BCUT2D eigenvalue weighted by Crippen LogP contribution is -2.26. The molecule has 148 valence electrons. The smallest absolute Gasteiger partial charge is 0.180 e. The van der Waals surface area contributed by atoms with Crippen molar-refractivity contribution < 1.29 is 0 Å². The fourth-order valence-corrected chi connectivity index (χ4v) is 4.80. The van der Waals surface area contributed by atoms with E-state index in [1.807, 2.05) is 18.5 Å². The lowest BCUT2D eigenvalue weighted by Gasteiger charge is -2.12. The maximum absolute atomic E-state index is 6.54. The molecule has 0 fully saturated rings. The van der Waals surface area contributed by atoms with Crippen molar-refractivity contribution in [2.45, 2.75) is 18.9 Å². The van der Waals surface area contributed by atoms with E-state index >= 15 is 0 Å². The first-order valence-electron chi connectivity index (χ1n) is 9.98. The Labute approximate surface area is 179 Å². The van der Waals surface area contributed by atoms with Gasteiger partial charge in [0.2, 0.25) is 0 Å². The summed E-state index contributed by atoms with van der Waals surface area (Å²) in [5, 5.41) is 5.34. The number of hydrogen-bond donors (Lipinski definition) is 2. The minimum atomic E-state index is -0.0314. The molecule has 2 aromatic heterocycles. The van der Waals surface area contributed by atoms with E-state index in [0.29, 0.717) is 11.6 Å². The van der Waals surface area contributed by atoms with Crippen molar-refractivity contribution in [2.24, 2.45) is 5.73 Å². The minimum absolute atomic E-state index is 0.0314. The molecule has 5 rings (SSSR count). The van der Waals surface area contributed by atoms with E-state index in [4.69, 9.17) is 11.5 Å². The number of hydrogen-bond acceptors (Lipinski definition) is 5. The maximum atomic E-state index is 6.54. The molecule has 4 nitrogen and oxygen atoms in total. The Morgan fingerprint density at radius 2 is 1.63 bits per heavy atom. The molecule has 0 aliphatic carbocycles. The third-order valence-corrected chi connectivity index (χ3v) is 6.36. The van der Waals surface area contributed by atoms with E-state index in [9.17, 15) is 0 Å². The first-order chi connectivity index (χ1) is 14.7. The Morgan fingerprint density at radius 3 is 2.53 bits per heavy atom. The number of nitrogen functional groups attached to an aromatic ring is 1. The van der Waals surface area contributed by atoms with E-state index < -0.39 is 0 Å². The maximum Gasteiger partial charge on any atom is 0.180 e. The Hall–Kier alpha value is -3.28. The molecular formula is C25H22N4S. The molecule has 2 heterocycles. The van der Waals surface area contributed by atoms with Crippen LogP contribution < -0.4 is 11.5 Å². The van der Waals surface area contributed by atoms with Gasteiger partial charge in [-0.25, -0.2) is 4.98 Å². The molecule has 0 aliphatic rings. The quantitative estimate of drug-likeness (QED) is 0.417. The van der Waals surface area contributed by atoms with Gasteiger partial charge < -0.3 is 11.5 Å². The number of anilines is 1. The predicted octanol–water partition coefficient (Wildman–Crippen LogP) is 5.21. The zero-order chi connectivity index (χ0) is 20.5. The van der Waals surface area contributed by atoms with E-state index in [0.717, 1.165) is 33.3 Å². The summed E-state index contributed by atoms with van der Waals surface area (Å²) in [4.78, 5) is 9.89. The number of pyridine rings is 1. The van der Waals surface area contributed by atoms with E-state index in [1.165, 1.54) is 27.7 Å². The summed E-state index contributed by atoms with van der Waals surface area (Å²) in [6, 6.07) is 23.3. The van der Waals surface area contributed by atoms with Crippen molar-refractivity contribution in [3.8, 4) is 10.4 Å². The molecule has 0 saturated carbocycles. The molecule has 0 saturated heterocycles. The van der Waals surface area contributed by atoms with Gasteiger partial charge in [-0.2, -0.15) is 0 Å². The van der Waals surface area contributed by atoms with Gasteiger partial charge in [-0.05, 0) is 45.8 Å². The first-order valence-corrected chi connectivity index (χ1v) is 10.8. The molecule has 1 atom stereocenters. The highest BCUT2D eigenvalue weighted by Crippen LogP contribution is 2.34. The summed E-state index contributed by atoms with van der Waals surface area (Å²) in [5.41, 5.74) is 16.0. The number of fused-ring (bicyclic) bond motifs is 2. The standard InChI is InChI=1S/C25H22N4S/c26-22(12-16-5-6-17-3-1-2-4-18(17)11-16)14-23-24(30-25(27)29-23)20-7-8-21-15-28-10-9-19(21)13-20/h1-11,13,15,22H,12,14,26H2,(H2,27,29)/t22-/m0/s1. The number of aromatic nitrogens is 2. The zero-order valence-electron chi connectivity index (χ0n) is 16.5. The summed E-state index contributed by atoms with van der Waals surface area (Å²) in [7, 11) is 0. The van der Waals surface area contributed by atoms with Crippen LogP contribution in [0.3, 0.4) is 0 Å². The number of nitrogens with two attached hydrogens (primary N) is 2. The van der Waals surface area contributed by atoms with Crippen LogP contribution in [-0.4, -0.2) is 16.0 Å². The Bertz CT molecular complexity index is 1340. The molecule has 5 heteroatoms. The van der Waals surface area contributed by atoms with Gasteiger partial charge in [0.25, 0.3) is 0 Å². The average molecular weight is 411 g/mol. The predicted molar refractivity (Wildman–Crippen MR) is 127 cm³/mol. The second kappa shape index (κ2) is 7.86. The molecule has 0 unspecified atom stereocenters. The van der Waals surface area contributed by atoms with Gasteiger partial charge in [-0.15, -0.1) is 0 Å². The fourth-order valence-electron chi connectivity index (χ4n) is 3.95. The van der Waals surface area contributed by atoms with Crippen LogP contribution in [-0.2, 0) is 12.8 Å². The molecular weight excluding hydrogens is 388 g/mol. The van der Waals surface area contributed by atoms with Crippen LogP contribution in [0.4, 0.5) is 5.13 Å². The minimum Gasteiger partial charge on any atom is -0.375 e. The van der Waals surface area contributed by atoms with Crippen LogP contribution in [0.15, 0.2) is 79.1 Å². The first kappa shape index (κ1) is 18.7. The van der Waals surface area contributed by atoms with Crippen molar-refractivity contribution in [3.05, 3.63) is 90.4 Å². The van der Waals surface area contributed by atoms with Crippen molar-refractivity contribution in [3.63, 3.8) is 0 Å². The fraction of sp³-hybridized carbons (Fsp3) is 0.120. The molecule has 5 aromatic rings. The van der Waals surface area contributed by atoms with E-state index in [1.54, 1.807) is 0 Å². The summed E-state index contributed by atoms with van der Waals surface area (Å²) in [5.74, 6) is 0. The van der Waals surface area contributed by atoms with Gasteiger partial charge in [-0.1, -0.05) is 65.9 Å². The molecule has 4 N–H and O–H groups in total.